The van der Waals surface area contributed by atoms with Crippen LogP contribution in [0.3, 0.4) is 0 Å². The van der Waals surface area contributed by atoms with Crippen molar-refractivity contribution in [3.8, 4) is 0 Å². The maximum Gasteiger partial charge on any atom is 0.202 e. The Morgan fingerprint density at radius 2 is 2.00 bits per heavy atom. The fourth-order valence-electron chi connectivity index (χ4n) is 0.967. The lowest BCUT2D eigenvalue weighted by Gasteiger charge is -2.08. The molecular weight excluding hydrogens is 312 g/mol. The van der Waals surface area contributed by atoms with Crippen molar-refractivity contribution in [2.75, 3.05) is 6.61 Å². The number of halogens is 2. The molecule has 0 aliphatic heterocycles. The molecule has 0 aromatic heterocycles. The van der Waals surface area contributed by atoms with Crippen molar-refractivity contribution in [1.29, 1.82) is 0 Å². The summed E-state index contributed by atoms with van der Waals surface area (Å²) in [5.41, 5.74) is 0.642. The number of ether oxygens (including phenoxy) is 1. The van der Waals surface area contributed by atoms with E-state index >= 15 is 0 Å². The summed E-state index contributed by atoms with van der Waals surface area (Å²) in [5, 5.41) is -0.548. The number of rotatable bonds is 4. The topological polar surface area (TPSA) is 26.3 Å². The summed E-state index contributed by atoms with van der Waals surface area (Å²) in [6, 6.07) is 7.19. The number of alkyl halides is 1. The lowest BCUT2D eigenvalue weighted by molar-refractivity contribution is 0.0723. The van der Waals surface area contributed by atoms with Gasteiger partial charge in [0, 0.05) is 16.6 Å². The molecule has 1 unspecified atom stereocenters. The third kappa shape index (κ3) is 3.19. The molecule has 0 saturated carbocycles. The largest absolute Gasteiger partial charge is 0.359 e. The number of carbonyl (C=O) groups excluding carboxylic acids is 1. The summed E-state index contributed by atoms with van der Waals surface area (Å²) < 4.78 is 6.10. The van der Waals surface area contributed by atoms with E-state index in [1.807, 2.05) is 19.1 Å². The first-order valence-electron chi connectivity index (χ1n) is 4.20. The normalized spacial score (nSPS) is 12.5. The highest BCUT2D eigenvalue weighted by atomic mass is 79.9. The van der Waals surface area contributed by atoms with Crippen LogP contribution in [0.25, 0.3) is 0 Å². The van der Waals surface area contributed by atoms with Crippen molar-refractivity contribution >= 4 is 37.6 Å². The minimum Gasteiger partial charge on any atom is -0.359 e. The van der Waals surface area contributed by atoms with Gasteiger partial charge in [-0.15, -0.1) is 0 Å². The molecule has 14 heavy (non-hydrogen) atoms. The van der Waals surface area contributed by atoms with Crippen LogP contribution < -0.4 is 0 Å². The maximum absolute atomic E-state index is 11.7. The molecule has 1 atom stereocenters. The zero-order chi connectivity index (χ0) is 10.6. The Labute approximate surface area is 99.9 Å². The predicted molar refractivity (Wildman–Crippen MR) is 62.8 cm³/mol. The van der Waals surface area contributed by atoms with Crippen LogP contribution >= 0.6 is 31.9 Å². The molecule has 4 heteroatoms. The summed E-state index contributed by atoms with van der Waals surface area (Å²) in [7, 11) is 0. The number of carbonyl (C=O) groups is 1. The standard InChI is InChI=1S/C10H10Br2O2/c1-2-14-10(12)9(13)7-3-5-8(11)6-4-7/h3-6,10H,2H2,1H3. The molecule has 76 valence electrons. The fourth-order valence-corrected chi connectivity index (χ4v) is 1.76. The number of hydrogen-bond acceptors (Lipinski definition) is 2. The number of hydrogen-bond donors (Lipinski definition) is 0. The van der Waals surface area contributed by atoms with Crippen molar-refractivity contribution in [3.63, 3.8) is 0 Å². The molecule has 1 aromatic rings. The van der Waals surface area contributed by atoms with Crippen LogP contribution in [0.15, 0.2) is 28.7 Å². The van der Waals surface area contributed by atoms with E-state index in [9.17, 15) is 4.79 Å². The van der Waals surface area contributed by atoms with Crippen LogP contribution in [0.2, 0.25) is 0 Å². The van der Waals surface area contributed by atoms with Gasteiger partial charge in [0.05, 0.1) is 0 Å². The summed E-state index contributed by atoms with van der Waals surface area (Å²) in [5.74, 6) is -0.0562. The molecular formula is C10H10Br2O2. The van der Waals surface area contributed by atoms with Crippen LogP contribution in [0.1, 0.15) is 17.3 Å². The Morgan fingerprint density at radius 1 is 1.43 bits per heavy atom. The molecule has 0 aliphatic rings. The van der Waals surface area contributed by atoms with Gasteiger partial charge in [0.1, 0.15) is 0 Å². The van der Waals surface area contributed by atoms with Crippen molar-refractivity contribution in [1.82, 2.24) is 0 Å². The molecule has 0 fully saturated rings. The predicted octanol–water partition coefficient (Wildman–Crippen LogP) is 3.39. The smallest absolute Gasteiger partial charge is 0.202 e. The van der Waals surface area contributed by atoms with E-state index in [2.05, 4.69) is 31.9 Å². The van der Waals surface area contributed by atoms with Crippen LogP contribution in [0, 0.1) is 0 Å². The Hall–Kier alpha value is -0.190. The van der Waals surface area contributed by atoms with E-state index in [-0.39, 0.29) is 5.78 Å². The molecule has 0 N–H and O–H groups in total. The Kier molecular flexibility index (Phi) is 4.78. The number of Topliss-reactive ketones (excluding diaryl/α,β-unsaturated/α-hetero) is 1. The summed E-state index contributed by atoms with van der Waals surface area (Å²) in [6.45, 7) is 2.36. The Bertz CT molecular complexity index is 308. The Morgan fingerprint density at radius 3 is 2.50 bits per heavy atom. The maximum atomic E-state index is 11.7. The van der Waals surface area contributed by atoms with Gasteiger partial charge in [-0.1, -0.05) is 28.1 Å². The summed E-state index contributed by atoms with van der Waals surface area (Å²) >= 11 is 6.48. The van der Waals surface area contributed by atoms with E-state index in [0.717, 1.165) is 4.47 Å². The third-order valence-corrected chi connectivity index (χ3v) is 2.86. The highest BCUT2D eigenvalue weighted by Crippen LogP contribution is 2.15. The molecule has 2 nitrogen and oxygen atoms in total. The first-order valence-corrected chi connectivity index (χ1v) is 5.91. The molecule has 0 radical (unpaired) electrons. The monoisotopic (exact) mass is 320 g/mol. The van der Waals surface area contributed by atoms with Crippen molar-refractivity contribution in [2.45, 2.75) is 11.9 Å². The van der Waals surface area contributed by atoms with Crippen LogP contribution in [0.5, 0.6) is 0 Å². The van der Waals surface area contributed by atoms with Gasteiger partial charge in [-0.05, 0) is 35.0 Å². The second-order valence-corrected chi connectivity index (χ2v) is 4.39. The van der Waals surface area contributed by atoms with E-state index in [1.54, 1.807) is 12.1 Å². The van der Waals surface area contributed by atoms with E-state index in [4.69, 9.17) is 4.74 Å². The first-order chi connectivity index (χ1) is 6.65. The zero-order valence-corrected chi connectivity index (χ0v) is 10.8. The van der Waals surface area contributed by atoms with Crippen molar-refractivity contribution < 1.29 is 9.53 Å². The van der Waals surface area contributed by atoms with E-state index in [1.165, 1.54) is 0 Å². The van der Waals surface area contributed by atoms with Gasteiger partial charge in [0.25, 0.3) is 0 Å². The van der Waals surface area contributed by atoms with Gasteiger partial charge >= 0.3 is 0 Å². The highest BCUT2D eigenvalue weighted by molar-refractivity contribution is 9.10. The van der Waals surface area contributed by atoms with Gasteiger partial charge in [-0.3, -0.25) is 4.79 Å². The van der Waals surface area contributed by atoms with Gasteiger partial charge < -0.3 is 4.74 Å². The van der Waals surface area contributed by atoms with Crippen LogP contribution in [-0.2, 0) is 4.74 Å². The molecule has 0 aliphatic carbocycles. The summed E-state index contributed by atoms with van der Waals surface area (Å²) in [6.07, 6.45) is 0. The number of benzene rings is 1. The first kappa shape index (κ1) is 11.9. The van der Waals surface area contributed by atoms with Gasteiger partial charge in [-0.2, -0.15) is 0 Å². The van der Waals surface area contributed by atoms with Crippen LogP contribution in [0.4, 0.5) is 0 Å². The molecule has 0 heterocycles. The average molecular weight is 322 g/mol. The van der Waals surface area contributed by atoms with E-state index < -0.39 is 5.01 Å². The minimum atomic E-state index is -0.548. The second-order valence-electron chi connectivity index (χ2n) is 2.64. The fraction of sp³-hybridized carbons (Fsp3) is 0.300. The number of ketones is 1. The summed E-state index contributed by atoms with van der Waals surface area (Å²) in [4.78, 5) is 11.7. The molecule has 1 rings (SSSR count). The molecule has 0 spiro atoms. The third-order valence-electron chi connectivity index (χ3n) is 1.65. The highest BCUT2D eigenvalue weighted by Gasteiger charge is 2.16. The lowest BCUT2D eigenvalue weighted by Crippen LogP contribution is -2.17. The van der Waals surface area contributed by atoms with E-state index in [0.29, 0.717) is 12.2 Å². The second kappa shape index (κ2) is 5.63. The van der Waals surface area contributed by atoms with Gasteiger partial charge in [0.2, 0.25) is 5.78 Å². The quantitative estimate of drug-likeness (QED) is 0.627. The van der Waals surface area contributed by atoms with Gasteiger partial charge in [0.15, 0.2) is 5.01 Å². The SMILES string of the molecule is CCOC(Br)C(=O)c1ccc(Br)cc1. The van der Waals surface area contributed by atoms with Gasteiger partial charge in [-0.25, -0.2) is 0 Å². The van der Waals surface area contributed by atoms with Crippen molar-refractivity contribution in [3.05, 3.63) is 34.3 Å². The minimum absolute atomic E-state index is 0.0562. The molecule has 0 saturated heterocycles. The van der Waals surface area contributed by atoms with Crippen LogP contribution in [-0.4, -0.2) is 17.4 Å². The molecule has 0 bridgehead atoms. The molecule has 0 amide bonds. The molecule has 1 aromatic carbocycles. The Balaban J connectivity index is 2.74. The lowest BCUT2D eigenvalue weighted by atomic mass is 10.1. The zero-order valence-electron chi connectivity index (χ0n) is 7.67. The average Bonchev–Trinajstić information content (AvgIpc) is 2.18. The van der Waals surface area contributed by atoms with Crippen molar-refractivity contribution in [2.24, 2.45) is 0 Å².